The minimum atomic E-state index is -0.232. The second kappa shape index (κ2) is 5.32. The average molecular weight is 251 g/mol. The Kier molecular flexibility index (Phi) is 3.58. The van der Waals surface area contributed by atoms with Crippen LogP contribution in [0.15, 0.2) is 36.5 Å². The Morgan fingerprint density at radius 2 is 2.05 bits per heavy atom. The van der Waals surface area contributed by atoms with E-state index in [-0.39, 0.29) is 5.91 Å². The summed E-state index contributed by atoms with van der Waals surface area (Å²) in [6.45, 7) is 3.95. The van der Waals surface area contributed by atoms with E-state index in [1.54, 1.807) is 6.07 Å². The highest BCUT2D eigenvalue weighted by Gasteiger charge is 2.08. The molecule has 1 heterocycles. The molecule has 4 nitrogen and oxygen atoms in total. The number of nitriles is 1. The van der Waals surface area contributed by atoms with E-state index < -0.39 is 0 Å². The molecule has 0 aliphatic carbocycles. The number of aromatic nitrogens is 1. The smallest absolute Gasteiger partial charge is 0.257 e. The highest BCUT2D eigenvalue weighted by molar-refractivity contribution is 6.04. The monoisotopic (exact) mass is 251 g/mol. The number of hydrogen-bond acceptors (Lipinski definition) is 3. The summed E-state index contributed by atoms with van der Waals surface area (Å²) in [6, 6.07) is 10.9. The van der Waals surface area contributed by atoms with Crippen LogP contribution in [0.3, 0.4) is 0 Å². The lowest BCUT2D eigenvalue weighted by Gasteiger charge is -2.08. The van der Waals surface area contributed by atoms with Crippen molar-refractivity contribution in [3.63, 3.8) is 0 Å². The Balaban J connectivity index is 2.18. The molecule has 0 aliphatic rings. The van der Waals surface area contributed by atoms with E-state index in [0.29, 0.717) is 11.3 Å². The number of rotatable bonds is 2. The van der Waals surface area contributed by atoms with Crippen molar-refractivity contribution < 1.29 is 4.79 Å². The van der Waals surface area contributed by atoms with Gasteiger partial charge in [0.05, 0.1) is 5.56 Å². The first kappa shape index (κ1) is 12.8. The summed E-state index contributed by atoms with van der Waals surface area (Å²) in [7, 11) is 0. The number of nitrogens with zero attached hydrogens (tertiary/aromatic N) is 2. The highest BCUT2D eigenvalue weighted by Crippen LogP contribution is 2.17. The van der Waals surface area contributed by atoms with E-state index in [9.17, 15) is 4.79 Å². The van der Waals surface area contributed by atoms with Crippen LogP contribution in [0.1, 0.15) is 27.2 Å². The number of carbonyl (C=O) groups excluding carboxylic acids is 1. The van der Waals surface area contributed by atoms with Crippen LogP contribution < -0.4 is 5.32 Å². The van der Waals surface area contributed by atoms with E-state index in [1.165, 1.54) is 12.3 Å². The number of carbonyl (C=O) groups is 1. The largest absolute Gasteiger partial charge is 0.322 e. The highest BCUT2D eigenvalue weighted by atomic mass is 16.1. The van der Waals surface area contributed by atoms with Gasteiger partial charge in [-0.3, -0.25) is 4.79 Å². The molecule has 0 atom stereocenters. The second-order valence-electron chi connectivity index (χ2n) is 4.32. The van der Waals surface area contributed by atoms with Crippen LogP contribution in [-0.4, -0.2) is 10.9 Å². The summed E-state index contributed by atoms with van der Waals surface area (Å²) in [4.78, 5) is 15.9. The molecule has 0 unspecified atom stereocenters. The van der Waals surface area contributed by atoms with Crippen LogP contribution in [0, 0.1) is 25.2 Å². The lowest BCUT2D eigenvalue weighted by molar-refractivity contribution is 0.102. The van der Waals surface area contributed by atoms with E-state index in [1.807, 2.05) is 38.1 Å². The van der Waals surface area contributed by atoms with Crippen molar-refractivity contribution in [3.05, 3.63) is 58.9 Å². The molecule has 1 aromatic heterocycles. The summed E-state index contributed by atoms with van der Waals surface area (Å²) in [5.41, 5.74) is 3.66. The topological polar surface area (TPSA) is 65.8 Å². The van der Waals surface area contributed by atoms with Gasteiger partial charge in [0.25, 0.3) is 5.91 Å². The molecule has 0 radical (unpaired) electrons. The predicted molar refractivity (Wildman–Crippen MR) is 72.8 cm³/mol. The SMILES string of the molecule is Cc1ccc(NC(=O)c2ccc(C#N)nc2)c(C)c1. The van der Waals surface area contributed by atoms with E-state index in [2.05, 4.69) is 10.3 Å². The van der Waals surface area contributed by atoms with Gasteiger partial charge in [0.2, 0.25) is 0 Å². The molecule has 1 N–H and O–H groups in total. The van der Waals surface area contributed by atoms with Gasteiger partial charge in [-0.05, 0) is 37.6 Å². The van der Waals surface area contributed by atoms with Crippen molar-refractivity contribution in [2.45, 2.75) is 13.8 Å². The molecule has 0 fully saturated rings. The number of hydrogen-bond donors (Lipinski definition) is 1. The maximum Gasteiger partial charge on any atom is 0.257 e. The Labute approximate surface area is 111 Å². The van der Waals surface area contributed by atoms with Crippen molar-refractivity contribution >= 4 is 11.6 Å². The second-order valence-corrected chi connectivity index (χ2v) is 4.32. The fraction of sp³-hybridized carbons (Fsp3) is 0.133. The zero-order valence-electron chi connectivity index (χ0n) is 10.8. The third-order valence-corrected chi connectivity index (χ3v) is 2.77. The molecule has 94 valence electrons. The molecule has 0 spiro atoms. The third-order valence-electron chi connectivity index (χ3n) is 2.77. The maximum absolute atomic E-state index is 12.0. The molecule has 0 saturated carbocycles. The minimum Gasteiger partial charge on any atom is -0.322 e. The van der Waals surface area contributed by atoms with E-state index in [0.717, 1.165) is 16.8 Å². The van der Waals surface area contributed by atoms with Crippen LogP contribution >= 0.6 is 0 Å². The summed E-state index contributed by atoms with van der Waals surface area (Å²) >= 11 is 0. The van der Waals surface area contributed by atoms with Crippen molar-refractivity contribution in [2.24, 2.45) is 0 Å². The van der Waals surface area contributed by atoms with Crippen LogP contribution in [0.2, 0.25) is 0 Å². The Bertz CT molecular complexity index is 654. The molecule has 4 heteroatoms. The molecular formula is C15H13N3O. The van der Waals surface area contributed by atoms with Crippen molar-refractivity contribution in [2.75, 3.05) is 5.32 Å². The number of benzene rings is 1. The molecule has 19 heavy (non-hydrogen) atoms. The first-order valence-corrected chi connectivity index (χ1v) is 5.85. The van der Waals surface area contributed by atoms with Gasteiger partial charge in [0, 0.05) is 11.9 Å². The molecule has 2 aromatic rings. The molecule has 0 saturated heterocycles. The van der Waals surface area contributed by atoms with Crippen molar-refractivity contribution in [1.82, 2.24) is 4.98 Å². The molecule has 2 rings (SSSR count). The van der Waals surface area contributed by atoms with Gasteiger partial charge in [0.1, 0.15) is 11.8 Å². The van der Waals surface area contributed by atoms with Crippen LogP contribution in [0.25, 0.3) is 0 Å². The molecular weight excluding hydrogens is 238 g/mol. The summed E-state index contributed by atoms with van der Waals surface area (Å²) in [5.74, 6) is -0.232. The Morgan fingerprint density at radius 3 is 2.63 bits per heavy atom. The van der Waals surface area contributed by atoms with Gasteiger partial charge in [-0.2, -0.15) is 5.26 Å². The fourth-order valence-electron chi connectivity index (χ4n) is 1.74. The number of anilines is 1. The number of amides is 1. The Hall–Kier alpha value is -2.67. The number of aryl methyl sites for hydroxylation is 2. The predicted octanol–water partition coefficient (Wildman–Crippen LogP) is 2.82. The van der Waals surface area contributed by atoms with Gasteiger partial charge < -0.3 is 5.32 Å². The van der Waals surface area contributed by atoms with Crippen LogP contribution in [0.4, 0.5) is 5.69 Å². The van der Waals surface area contributed by atoms with Gasteiger partial charge in [-0.1, -0.05) is 17.7 Å². The normalized spacial score (nSPS) is 9.74. The van der Waals surface area contributed by atoms with E-state index >= 15 is 0 Å². The maximum atomic E-state index is 12.0. The zero-order chi connectivity index (χ0) is 13.8. The van der Waals surface area contributed by atoms with Crippen molar-refractivity contribution in [1.29, 1.82) is 5.26 Å². The number of pyridine rings is 1. The van der Waals surface area contributed by atoms with Crippen molar-refractivity contribution in [3.8, 4) is 6.07 Å². The Morgan fingerprint density at radius 1 is 1.26 bits per heavy atom. The molecule has 1 amide bonds. The van der Waals surface area contributed by atoms with E-state index in [4.69, 9.17) is 5.26 Å². The summed E-state index contributed by atoms with van der Waals surface area (Å²) in [6.07, 6.45) is 1.40. The lowest BCUT2D eigenvalue weighted by atomic mass is 10.1. The molecule has 0 bridgehead atoms. The lowest BCUT2D eigenvalue weighted by Crippen LogP contribution is -2.13. The fourth-order valence-corrected chi connectivity index (χ4v) is 1.74. The summed E-state index contributed by atoms with van der Waals surface area (Å²) in [5, 5.41) is 11.5. The standard InChI is InChI=1S/C15H13N3O/c1-10-3-6-14(11(2)7-10)18-15(19)12-4-5-13(8-16)17-9-12/h3-7,9H,1-2H3,(H,18,19). The molecule has 0 aliphatic heterocycles. The van der Waals surface area contributed by atoms with Gasteiger partial charge in [-0.25, -0.2) is 4.98 Å². The van der Waals surface area contributed by atoms with Gasteiger partial charge in [0.15, 0.2) is 0 Å². The first-order valence-electron chi connectivity index (χ1n) is 5.85. The third kappa shape index (κ3) is 2.96. The first-order chi connectivity index (χ1) is 9.10. The zero-order valence-corrected chi connectivity index (χ0v) is 10.8. The quantitative estimate of drug-likeness (QED) is 0.892. The molecule has 1 aromatic carbocycles. The van der Waals surface area contributed by atoms with Gasteiger partial charge >= 0.3 is 0 Å². The van der Waals surface area contributed by atoms with Gasteiger partial charge in [-0.15, -0.1) is 0 Å². The average Bonchev–Trinajstić information content (AvgIpc) is 2.42. The summed E-state index contributed by atoms with van der Waals surface area (Å²) < 4.78 is 0. The minimum absolute atomic E-state index is 0.232. The van der Waals surface area contributed by atoms with Crippen LogP contribution in [0.5, 0.6) is 0 Å². The van der Waals surface area contributed by atoms with Crippen LogP contribution in [-0.2, 0) is 0 Å². The number of nitrogens with one attached hydrogen (secondary N) is 1.